The van der Waals surface area contributed by atoms with Crippen LogP contribution in [0.1, 0.15) is 66.9 Å². The van der Waals surface area contributed by atoms with E-state index in [0.717, 1.165) is 42.6 Å². The van der Waals surface area contributed by atoms with E-state index in [0.29, 0.717) is 44.1 Å². The van der Waals surface area contributed by atoms with Gasteiger partial charge in [0, 0.05) is 44.1 Å². The van der Waals surface area contributed by atoms with Crippen LogP contribution in [0, 0.1) is 5.92 Å². The summed E-state index contributed by atoms with van der Waals surface area (Å²) < 4.78 is 6.30. The normalized spacial score (nSPS) is 15.4. The van der Waals surface area contributed by atoms with Gasteiger partial charge in [-0.25, -0.2) is 4.98 Å². The van der Waals surface area contributed by atoms with Crippen LogP contribution >= 0.6 is 0 Å². The Labute approximate surface area is 248 Å². The molecule has 1 saturated carbocycles. The lowest BCUT2D eigenvalue weighted by Crippen LogP contribution is -2.38. The predicted molar refractivity (Wildman–Crippen MR) is 164 cm³/mol. The Morgan fingerprint density at radius 3 is 2.29 bits per heavy atom. The number of nitrogens with zero attached hydrogens (tertiary/aromatic N) is 2. The lowest BCUT2D eigenvalue weighted by Gasteiger charge is -2.36. The number of oxazole rings is 1. The van der Waals surface area contributed by atoms with Crippen LogP contribution in [-0.4, -0.2) is 39.1 Å². The molecule has 1 aliphatic rings. The van der Waals surface area contributed by atoms with Gasteiger partial charge in [0.2, 0.25) is 11.8 Å². The summed E-state index contributed by atoms with van der Waals surface area (Å²) in [6.07, 6.45) is 7.99. The second-order valence-corrected chi connectivity index (χ2v) is 11.3. The molecule has 220 valence electrons. The van der Waals surface area contributed by atoms with Gasteiger partial charge in [0.1, 0.15) is 5.76 Å². The molecule has 1 fully saturated rings. The van der Waals surface area contributed by atoms with Gasteiger partial charge in [-0.1, -0.05) is 92.1 Å². The molecule has 42 heavy (non-hydrogen) atoms. The minimum absolute atomic E-state index is 0.0263. The summed E-state index contributed by atoms with van der Waals surface area (Å²) in [4.78, 5) is 19.6. The Balaban J connectivity index is 1.26. The van der Waals surface area contributed by atoms with Gasteiger partial charge in [-0.05, 0) is 41.7 Å². The van der Waals surface area contributed by atoms with Crippen molar-refractivity contribution in [1.29, 1.82) is 0 Å². The van der Waals surface area contributed by atoms with Crippen molar-refractivity contribution in [2.45, 2.75) is 63.7 Å². The van der Waals surface area contributed by atoms with Crippen LogP contribution in [0.2, 0.25) is 0 Å². The maximum atomic E-state index is 12.8. The third kappa shape index (κ3) is 7.53. The zero-order valence-corrected chi connectivity index (χ0v) is 24.1. The summed E-state index contributed by atoms with van der Waals surface area (Å²) in [5.41, 5.74) is 2.26. The molecule has 1 heterocycles. The van der Waals surface area contributed by atoms with Gasteiger partial charge in [0.25, 0.3) is 0 Å². The van der Waals surface area contributed by atoms with E-state index in [1.165, 1.54) is 12.0 Å². The molecule has 3 N–H and O–H groups in total. The molecule has 7 heteroatoms. The molecule has 0 saturated heterocycles. The number of hydrogen-bond donors (Lipinski definition) is 3. The van der Waals surface area contributed by atoms with Gasteiger partial charge in [-0.2, -0.15) is 0 Å². The van der Waals surface area contributed by atoms with Crippen molar-refractivity contribution in [3.05, 3.63) is 119 Å². The molecular formula is C35H41N3O4. The molecule has 4 aromatic rings. The van der Waals surface area contributed by atoms with Crippen molar-refractivity contribution in [2.75, 3.05) is 18.4 Å². The molecule has 1 atom stereocenters. The molecule has 0 unspecified atom stereocenters. The largest absolute Gasteiger partial charge is 0.442 e. The highest BCUT2D eigenvalue weighted by molar-refractivity contribution is 5.90. The summed E-state index contributed by atoms with van der Waals surface area (Å²) in [5.74, 6) is 1.10. The standard InChI is InChI=1S/C35H41N3O4/c39-26-28-16-18-31(19-17-28)37-33(40)21-23-38(25-27-10-4-1-5-11-27)22-20-32-24-36-34(42-32)35(41,29-12-6-2-7-13-29)30-14-8-3-9-15-30/h1-2,4-7,10-13,16-19,24,30,39,41H,3,8-9,14-15,20-23,25-26H2,(H,37,40)/t35-/m0/s1. The van der Waals surface area contributed by atoms with E-state index in [1.807, 2.05) is 48.5 Å². The van der Waals surface area contributed by atoms with Gasteiger partial charge >= 0.3 is 0 Å². The van der Waals surface area contributed by atoms with Crippen molar-refractivity contribution >= 4 is 11.6 Å². The Hall–Kier alpha value is -3.78. The van der Waals surface area contributed by atoms with Crippen LogP contribution in [0.15, 0.2) is 95.5 Å². The highest BCUT2D eigenvalue weighted by atomic mass is 16.4. The first-order valence-corrected chi connectivity index (χ1v) is 15.0. The van der Waals surface area contributed by atoms with Crippen LogP contribution in [0.4, 0.5) is 5.69 Å². The SMILES string of the molecule is O=C(CCN(CCc1cnc([C@](O)(c2ccccc2)C2CCCCC2)o1)Cc1ccccc1)Nc1ccc(CO)cc1. The number of benzene rings is 3. The van der Waals surface area contributed by atoms with E-state index in [2.05, 4.69) is 27.3 Å². The fourth-order valence-corrected chi connectivity index (χ4v) is 5.90. The monoisotopic (exact) mass is 567 g/mol. The maximum absolute atomic E-state index is 12.8. The Morgan fingerprint density at radius 2 is 1.60 bits per heavy atom. The number of aromatic nitrogens is 1. The smallest absolute Gasteiger partial charge is 0.231 e. The topological polar surface area (TPSA) is 98.8 Å². The Kier molecular flexibility index (Phi) is 10.2. The number of carbonyl (C=O) groups excluding carboxylic acids is 1. The number of anilines is 1. The molecule has 0 spiro atoms. The zero-order chi connectivity index (χ0) is 29.2. The number of nitrogens with one attached hydrogen (secondary N) is 1. The first-order valence-electron chi connectivity index (χ1n) is 15.0. The van der Waals surface area contributed by atoms with Crippen LogP contribution < -0.4 is 5.32 Å². The van der Waals surface area contributed by atoms with Crippen LogP contribution in [0.25, 0.3) is 0 Å². The van der Waals surface area contributed by atoms with Crippen molar-refractivity contribution < 1.29 is 19.4 Å². The number of carbonyl (C=O) groups is 1. The fraction of sp³-hybridized carbons (Fsp3) is 0.371. The molecule has 5 rings (SSSR count). The van der Waals surface area contributed by atoms with Crippen molar-refractivity contribution in [3.8, 4) is 0 Å². The van der Waals surface area contributed by atoms with Gasteiger partial charge in [-0.15, -0.1) is 0 Å². The highest BCUT2D eigenvalue weighted by Crippen LogP contribution is 2.43. The lowest BCUT2D eigenvalue weighted by atomic mass is 9.73. The van der Waals surface area contributed by atoms with Crippen molar-refractivity contribution in [3.63, 3.8) is 0 Å². The number of hydrogen-bond acceptors (Lipinski definition) is 6. The number of aliphatic hydroxyl groups is 2. The quantitative estimate of drug-likeness (QED) is 0.182. The lowest BCUT2D eigenvalue weighted by molar-refractivity contribution is -0.116. The second kappa shape index (κ2) is 14.4. The summed E-state index contributed by atoms with van der Waals surface area (Å²) in [6.45, 7) is 1.93. The summed E-state index contributed by atoms with van der Waals surface area (Å²) in [5, 5.41) is 24.3. The third-order valence-corrected chi connectivity index (χ3v) is 8.29. The molecule has 0 bridgehead atoms. The highest BCUT2D eigenvalue weighted by Gasteiger charge is 2.44. The van der Waals surface area contributed by atoms with E-state index in [4.69, 9.17) is 4.42 Å². The maximum Gasteiger partial charge on any atom is 0.231 e. The van der Waals surface area contributed by atoms with E-state index in [1.54, 1.807) is 30.5 Å². The van der Waals surface area contributed by atoms with Crippen LogP contribution in [-0.2, 0) is 30.0 Å². The van der Waals surface area contributed by atoms with Gasteiger partial charge in [0.15, 0.2) is 5.60 Å². The molecule has 0 radical (unpaired) electrons. The second-order valence-electron chi connectivity index (χ2n) is 11.3. The first-order chi connectivity index (χ1) is 20.5. The fourth-order valence-electron chi connectivity index (χ4n) is 5.90. The van der Waals surface area contributed by atoms with E-state index in [-0.39, 0.29) is 18.4 Å². The molecule has 1 aromatic heterocycles. The first kappa shape index (κ1) is 29.7. The average molecular weight is 568 g/mol. The average Bonchev–Trinajstić information content (AvgIpc) is 3.53. The van der Waals surface area contributed by atoms with Crippen LogP contribution in [0.3, 0.4) is 0 Å². The molecule has 1 amide bonds. The number of amides is 1. The summed E-state index contributed by atoms with van der Waals surface area (Å²) in [6, 6.07) is 27.2. The minimum atomic E-state index is -1.25. The number of rotatable bonds is 13. The van der Waals surface area contributed by atoms with E-state index in [9.17, 15) is 15.0 Å². The molecular weight excluding hydrogens is 526 g/mol. The number of aliphatic hydroxyl groups excluding tert-OH is 1. The van der Waals surface area contributed by atoms with Crippen LogP contribution in [0.5, 0.6) is 0 Å². The molecule has 1 aliphatic carbocycles. The third-order valence-electron chi connectivity index (χ3n) is 8.29. The van der Waals surface area contributed by atoms with Gasteiger partial charge in [-0.3, -0.25) is 9.69 Å². The van der Waals surface area contributed by atoms with Gasteiger partial charge in [0.05, 0.1) is 12.8 Å². The Morgan fingerprint density at radius 1 is 0.905 bits per heavy atom. The zero-order valence-electron chi connectivity index (χ0n) is 24.1. The summed E-state index contributed by atoms with van der Waals surface area (Å²) in [7, 11) is 0. The minimum Gasteiger partial charge on any atom is -0.442 e. The van der Waals surface area contributed by atoms with Crippen molar-refractivity contribution in [1.82, 2.24) is 9.88 Å². The van der Waals surface area contributed by atoms with E-state index < -0.39 is 5.60 Å². The van der Waals surface area contributed by atoms with Crippen molar-refractivity contribution in [2.24, 2.45) is 5.92 Å². The molecule has 0 aliphatic heterocycles. The van der Waals surface area contributed by atoms with Gasteiger partial charge < -0.3 is 19.9 Å². The Bertz CT molecular complexity index is 1380. The van der Waals surface area contributed by atoms with E-state index >= 15 is 0 Å². The predicted octanol–water partition coefficient (Wildman–Crippen LogP) is 6.06. The molecule has 3 aromatic carbocycles. The molecule has 7 nitrogen and oxygen atoms in total. The summed E-state index contributed by atoms with van der Waals surface area (Å²) >= 11 is 0.